The van der Waals surface area contributed by atoms with Crippen LogP contribution in [0.3, 0.4) is 0 Å². The van der Waals surface area contributed by atoms with Crippen LogP contribution in [0.2, 0.25) is 0 Å². The molecule has 144 valence electrons. The summed E-state index contributed by atoms with van der Waals surface area (Å²) in [5.74, 6) is -0.650. The summed E-state index contributed by atoms with van der Waals surface area (Å²) < 4.78 is 0. The van der Waals surface area contributed by atoms with E-state index in [1.807, 2.05) is 0 Å². The van der Waals surface area contributed by atoms with Crippen LogP contribution < -0.4 is 16.4 Å². The normalized spacial score (nSPS) is 9.96. The van der Waals surface area contributed by atoms with Crippen LogP contribution in [0.25, 0.3) is 0 Å². The van der Waals surface area contributed by atoms with Crippen molar-refractivity contribution >= 4 is 11.9 Å². The summed E-state index contributed by atoms with van der Waals surface area (Å²) in [4.78, 5) is 20.5. The van der Waals surface area contributed by atoms with Gasteiger partial charge >= 0.3 is 0 Å². The fourth-order valence-electron chi connectivity index (χ4n) is 2.20. The standard InChI is InChI=1S/C16H35N3O.C2H4O2/c1-2-3-4-5-6-7-8-9-10-11-16(20)19-15-14-18-13-12-17;1-2(3)4/h18H,2-15,17H2,1H3,(H,19,20);1H3,(H,3,4). The number of unbranched alkanes of at least 4 members (excludes halogenated alkanes) is 8. The number of aliphatic carboxylic acids is 1. The minimum absolute atomic E-state index is 0.183. The van der Waals surface area contributed by atoms with E-state index in [9.17, 15) is 4.79 Å². The predicted molar refractivity (Wildman–Crippen MR) is 100 cm³/mol. The van der Waals surface area contributed by atoms with Crippen molar-refractivity contribution in [3.63, 3.8) is 0 Å². The fraction of sp³-hybridized carbons (Fsp3) is 0.889. The largest absolute Gasteiger partial charge is 0.481 e. The van der Waals surface area contributed by atoms with Gasteiger partial charge in [0.2, 0.25) is 5.91 Å². The van der Waals surface area contributed by atoms with E-state index in [2.05, 4.69) is 17.6 Å². The Labute approximate surface area is 148 Å². The van der Waals surface area contributed by atoms with Crippen LogP contribution in [0, 0.1) is 0 Å². The van der Waals surface area contributed by atoms with E-state index in [-0.39, 0.29) is 5.91 Å². The van der Waals surface area contributed by atoms with Gasteiger partial charge in [0.1, 0.15) is 0 Å². The highest BCUT2D eigenvalue weighted by Crippen LogP contribution is 2.10. The number of hydrogen-bond acceptors (Lipinski definition) is 4. The Morgan fingerprint density at radius 3 is 1.88 bits per heavy atom. The van der Waals surface area contributed by atoms with Crippen LogP contribution in [0.5, 0.6) is 0 Å². The molecule has 0 unspecified atom stereocenters. The Kier molecular flexibility index (Phi) is 22.9. The molecular formula is C18H39N3O3. The zero-order valence-corrected chi connectivity index (χ0v) is 15.7. The molecule has 24 heavy (non-hydrogen) atoms. The van der Waals surface area contributed by atoms with E-state index in [1.54, 1.807) is 0 Å². The second kappa shape index (κ2) is 21.9. The molecule has 0 radical (unpaired) electrons. The molecule has 0 fully saturated rings. The number of amides is 1. The lowest BCUT2D eigenvalue weighted by atomic mass is 10.1. The Balaban J connectivity index is 0. The van der Waals surface area contributed by atoms with E-state index in [0.29, 0.717) is 19.5 Å². The molecule has 0 aromatic carbocycles. The lowest BCUT2D eigenvalue weighted by Gasteiger charge is -2.06. The number of rotatable bonds is 15. The van der Waals surface area contributed by atoms with Crippen LogP contribution in [0.1, 0.15) is 78.1 Å². The van der Waals surface area contributed by atoms with Gasteiger partial charge < -0.3 is 21.5 Å². The number of hydrogen-bond donors (Lipinski definition) is 4. The van der Waals surface area contributed by atoms with Crippen LogP contribution in [-0.4, -0.2) is 43.2 Å². The molecule has 0 aromatic heterocycles. The van der Waals surface area contributed by atoms with Crippen LogP contribution in [0.4, 0.5) is 0 Å². The maximum absolute atomic E-state index is 11.5. The maximum atomic E-state index is 11.5. The third-order valence-corrected chi connectivity index (χ3v) is 3.45. The molecule has 0 saturated heterocycles. The molecule has 6 heteroatoms. The number of carboxylic acids is 1. The minimum atomic E-state index is -0.833. The first kappa shape index (κ1) is 25.1. The van der Waals surface area contributed by atoms with Crippen LogP contribution in [0.15, 0.2) is 0 Å². The van der Waals surface area contributed by atoms with Crippen molar-refractivity contribution in [2.45, 2.75) is 78.1 Å². The van der Waals surface area contributed by atoms with Crippen molar-refractivity contribution in [1.82, 2.24) is 10.6 Å². The van der Waals surface area contributed by atoms with Gasteiger partial charge in [0.25, 0.3) is 5.97 Å². The lowest BCUT2D eigenvalue weighted by molar-refractivity contribution is -0.134. The summed E-state index contributed by atoms with van der Waals surface area (Å²) >= 11 is 0. The van der Waals surface area contributed by atoms with Crippen molar-refractivity contribution in [2.75, 3.05) is 26.2 Å². The molecule has 6 nitrogen and oxygen atoms in total. The van der Waals surface area contributed by atoms with E-state index in [1.165, 1.54) is 51.4 Å². The zero-order valence-electron chi connectivity index (χ0n) is 15.7. The Morgan fingerprint density at radius 1 is 0.875 bits per heavy atom. The van der Waals surface area contributed by atoms with E-state index in [4.69, 9.17) is 15.6 Å². The molecule has 0 spiro atoms. The average molecular weight is 346 g/mol. The summed E-state index contributed by atoms with van der Waals surface area (Å²) in [6.45, 7) is 6.30. The zero-order chi connectivity index (χ0) is 18.5. The molecule has 0 aromatic rings. The first-order valence-electron chi connectivity index (χ1n) is 9.41. The fourth-order valence-corrected chi connectivity index (χ4v) is 2.20. The summed E-state index contributed by atoms with van der Waals surface area (Å²) in [5.41, 5.74) is 5.36. The monoisotopic (exact) mass is 345 g/mol. The van der Waals surface area contributed by atoms with Gasteiger partial charge in [-0.1, -0.05) is 58.3 Å². The molecule has 0 aliphatic heterocycles. The lowest BCUT2D eigenvalue weighted by Crippen LogP contribution is -2.33. The molecule has 0 bridgehead atoms. The summed E-state index contributed by atoms with van der Waals surface area (Å²) in [6, 6.07) is 0. The molecule has 0 aliphatic carbocycles. The molecular weight excluding hydrogens is 306 g/mol. The molecule has 0 atom stereocenters. The second-order valence-electron chi connectivity index (χ2n) is 5.99. The number of carbonyl (C=O) groups excluding carboxylic acids is 1. The summed E-state index contributed by atoms with van der Waals surface area (Å²) in [6.07, 6.45) is 12.3. The van der Waals surface area contributed by atoms with Gasteiger partial charge in [0, 0.05) is 39.5 Å². The van der Waals surface area contributed by atoms with Gasteiger partial charge in [-0.05, 0) is 6.42 Å². The smallest absolute Gasteiger partial charge is 0.300 e. The van der Waals surface area contributed by atoms with Crippen LogP contribution >= 0.6 is 0 Å². The highest BCUT2D eigenvalue weighted by Gasteiger charge is 2.00. The van der Waals surface area contributed by atoms with Gasteiger partial charge in [-0.15, -0.1) is 0 Å². The van der Waals surface area contributed by atoms with Crippen LogP contribution in [-0.2, 0) is 9.59 Å². The molecule has 0 saturated carbocycles. The first-order valence-corrected chi connectivity index (χ1v) is 9.41. The van der Waals surface area contributed by atoms with Crippen molar-refractivity contribution in [2.24, 2.45) is 5.73 Å². The predicted octanol–water partition coefficient (Wildman–Crippen LogP) is 2.66. The van der Waals surface area contributed by atoms with E-state index >= 15 is 0 Å². The molecule has 5 N–H and O–H groups in total. The first-order chi connectivity index (χ1) is 11.5. The van der Waals surface area contributed by atoms with Gasteiger partial charge in [-0.25, -0.2) is 0 Å². The molecule has 1 amide bonds. The van der Waals surface area contributed by atoms with Crippen molar-refractivity contribution in [3.05, 3.63) is 0 Å². The van der Waals surface area contributed by atoms with Gasteiger partial charge in [-0.2, -0.15) is 0 Å². The Bertz CT molecular complexity index is 283. The second-order valence-corrected chi connectivity index (χ2v) is 5.99. The number of carboxylic acid groups (broad SMARTS) is 1. The Hall–Kier alpha value is -1.14. The van der Waals surface area contributed by atoms with Gasteiger partial charge in [0.05, 0.1) is 0 Å². The number of nitrogens with two attached hydrogens (primary N) is 1. The third kappa shape index (κ3) is 28.9. The minimum Gasteiger partial charge on any atom is -0.481 e. The van der Waals surface area contributed by atoms with Crippen molar-refractivity contribution < 1.29 is 14.7 Å². The molecule has 0 rings (SSSR count). The summed E-state index contributed by atoms with van der Waals surface area (Å²) in [5, 5.41) is 13.5. The van der Waals surface area contributed by atoms with Crippen molar-refractivity contribution in [1.29, 1.82) is 0 Å². The molecule has 0 aliphatic rings. The maximum Gasteiger partial charge on any atom is 0.300 e. The highest BCUT2D eigenvalue weighted by atomic mass is 16.4. The SMILES string of the molecule is CC(=O)O.CCCCCCCCCCCC(=O)NCCNCCN. The Morgan fingerprint density at radius 2 is 1.38 bits per heavy atom. The topological polar surface area (TPSA) is 104 Å². The highest BCUT2D eigenvalue weighted by molar-refractivity contribution is 5.75. The summed E-state index contributed by atoms with van der Waals surface area (Å²) in [7, 11) is 0. The molecule has 0 heterocycles. The average Bonchev–Trinajstić information content (AvgIpc) is 2.52. The van der Waals surface area contributed by atoms with Gasteiger partial charge in [-0.3, -0.25) is 9.59 Å². The van der Waals surface area contributed by atoms with E-state index < -0.39 is 5.97 Å². The number of nitrogens with one attached hydrogen (secondary N) is 2. The number of carbonyl (C=O) groups is 2. The van der Waals surface area contributed by atoms with Gasteiger partial charge in [0.15, 0.2) is 0 Å². The van der Waals surface area contributed by atoms with E-state index in [0.717, 1.165) is 26.4 Å². The quantitative estimate of drug-likeness (QED) is 0.342. The third-order valence-electron chi connectivity index (χ3n) is 3.45. The van der Waals surface area contributed by atoms with Crippen molar-refractivity contribution in [3.8, 4) is 0 Å².